The Morgan fingerprint density at radius 3 is 2.27 bits per heavy atom. The van der Waals surface area contributed by atoms with E-state index in [0.717, 1.165) is 39.2 Å². The molecule has 0 saturated heterocycles. The second-order valence-electron chi connectivity index (χ2n) is 10.5. The number of sulfonamides is 1. The zero-order valence-corrected chi connectivity index (χ0v) is 25.6. The largest absolute Gasteiger partial charge is 0.497 e. The number of ether oxygens (including phenoxy) is 1. The molecule has 41 heavy (non-hydrogen) atoms. The summed E-state index contributed by atoms with van der Waals surface area (Å²) in [6, 6.07) is 21.3. The van der Waals surface area contributed by atoms with Crippen LogP contribution in [0.5, 0.6) is 5.75 Å². The topological polar surface area (TPSA) is 96.0 Å². The second kappa shape index (κ2) is 14.2. The van der Waals surface area contributed by atoms with Gasteiger partial charge in [0.1, 0.15) is 18.3 Å². The fourth-order valence-electron chi connectivity index (χ4n) is 4.55. The minimum Gasteiger partial charge on any atom is -0.497 e. The zero-order chi connectivity index (χ0) is 30.2. The van der Waals surface area contributed by atoms with Crippen LogP contribution in [0.1, 0.15) is 42.5 Å². The smallest absolute Gasteiger partial charge is 0.244 e. The van der Waals surface area contributed by atoms with Crippen molar-refractivity contribution in [1.82, 2.24) is 10.2 Å². The molecule has 0 aromatic heterocycles. The van der Waals surface area contributed by atoms with Crippen LogP contribution in [-0.4, -0.2) is 57.1 Å². The molecular formula is C32H41N3O5S. The molecule has 9 heteroatoms. The summed E-state index contributed by atoms with van der Waals surface area (Å²) in [6.07, 6.45) is 2.08. The van der Waals surface area contributed by atoms with Gasteiger partial charge in [0.15, 0.2) is 0 Å². The summed E-state index contributed by atoms with van der Waals surface area (Å²) < 4.78 is 32.6. The number of hydrogen-bond acceptors (Lipinski definition) is 5. The molecule has 3 aromatic rings. The van der Waals surface area contributed by atoms with Crippen molar-refractivity contribution in [2.75, 3.05) is 24.2 Å². The van der Waals surface area contributed by atoms with E-state index in [1.165, 1.54) is 4.90 Å². The van der Waals surface area contributed by atoms with Gasteiger partial charge in [0.05, 0.1) is 19.1 Å². The van der Waals surface area contributed by atoms with Gasteiger partial charge in [-0.25, -0.2) is 8.42 Å². The molecule has 0 radical (unpaired) electrons. The maximum absolute atomic E-state index is 14.2. The summed E-state index contributed by atoms with van der Waals surface area (Å²) in [5, 5.41) is 3.04. The van der Waals surface area contributed by atoms with Crippen molar-refractivity contribution in [3.63, 3.8) is 0 Å². The number of nitrogens with one attached hydrogen (secondary N) is 1. The third kappa shape index (κ3) is 8.82. The fourth-order valence-corrected chi connectivity index (χ4v) is 5.44. The Bertz CT molecular complexity index is 1440. The summed E-state index contributed by atoms with van der Waals surface area (Å²) >= 11 is 0. The Morgan fingerprint density at radius 1 is 0.951 bits per heavy atom. The Hall–Kier alpha value is -3.85. The van der Waals surface area contributed by atoms with Crippen LogP contribution in [0.25, 0.3) is 0 Å². The van der Waals surface area contributed by atoms with Crippen LogP contribution in [0.3, 0.4) is 0 Å². The molecule has 0 heterocycles. The van der Waals surface area contributed by atoms with E-state index in [0.29, 0.717) is 11.4 Å². The lowest BCUT2D eigenvalue weighted by Crippen LogP contribution is -2.54. The number of aryl methyl sites for hydroxylation is 2. The van der Waals surface area contributed by atoms with Crippen LogP contribution in [0.15, 0.2) is 72.8 Å². The van der Waals surface area contributed by atoms with Crippen LogP contribution in [0, 0.1) is 13.8 Å². The summed E-state index contributed by atoms with van der Waals surface area (Å²) in [5.41, 5.74) is 3.67. The second-order valence-corrected chi connectivity index (χ2v) is 12.4. The van der Waals surface area contributed by atoms with Crippen LogP contribution in [0.4, 0.5) is 5.69 Å². The van der Waals surface area contributed by atoms with Crippen molar-refractivity contribution in [2.45, 2.75) is 59.2 Å². The first-order valence-corrected chi connectivity index (χ1v) is 15.6. The summed E-state index contributed by atoms with van der Waals surface area (Å²) in [5.74, 6) is -0.164. The highest BCUT2D eigenvalue weighted by Crippen LogP contribution is 2.25. The SMILES string of the molecule is CC[C@@H](C)NC(=O)[C@@H](Cc1ccccc1)N(Cc1cccc(OC)c1)C(=O)CN(c1cc(C)ccc1C)S(C)(=O)=O. The number of hydrogen-bond donors (Lipinski definition) is 1. The molecule has 2 atom stereocenters. The number of carbonyl (C=O) groups excluding carboxylic acids is 2. The average Bonchev–Trinajstić information content (AvgIpc) is 2.94. The van der Waals surface area contributed by atoms with Gasteiger partial charge in [0, 0.05) is 19.0 Å². The number of rotatable bonds is 13. The van der Waals surface area contributed by atoms with E-state index < -0.39 is 28.5 Å². The first-order valence-electron chi connectivity index (χ1n) is 13.7. The van der Waals surface area contributed by atoms with Crippen LogP contribution >= 0.6 is 0 Å². The van der Waals surface area contributed by atoms with E-state index in [2.05, 4.69) is 5.32 Å². The van der Waals surface area contributed by atoms with Gasteiger partial charge in [-0.3, -0.25) is 13.9 Å². The quantitative estimate of drug-likeness (QED) is 0.319. The lowest BCUT2D eigenvalue weighted by molar-refractivity contribution is -0.140. The molecule has 2 amide bonds. The van der Waals surface area contributed by atoms with Crippen molar-refractivity contribution >= 4 is 27.5 Å². The van der Waals surface area contributed by atoms with Gasteiger partial charge in [0.2, 0.25) is 21.8 Å². The highest BCUT2D eigenvalue weighted by atomic mass is 32.2. The molecular weight excluding hydrogens is 538 g/mol. The van der Waals surface area contributed by atoms with Crippen molar-refractivity contribution in [2.24, 2.45) is 0 Å². The van der Waals surface area contributed by atoms with Gasteiger partial charge in [-0.2, -0.15) is 0 Å². The molecule has 3 rings (SSSR count). The average molecular weight is 580 g/mol. The Morgan fingerprint density at radius 2 is 1.63 bits per heavy atom. The van der Waals surface area contributed by atoms with Crippen LogP contribution in [0.2, 0.25) is 0 Å². The molecule has 3 aromatic carbocycles. The predicted molar refractivity (Wildman–Crippen MR) is 163 cm³/mol. The maximum atomic E-state index is 14.2. The zero-order valence-electron chi connectivity index (χ0n) is 24.8. The van der Waals surface area contributed by atoms with Gasteiger partial charge in [-0.05, 0) is 67.6 Å². The predicted octanol–water partition coefficient (Wildman–Crippen LogP) is 4.63. The molecule has 0 aliphatic heterocycles. The molecule has 0 aliphatic rings. The number of benzene rings is 3. The van der Waals surface area contributed by atoms with Crippen molar-refractivity contribution in [1.29, 1.82) is 0 Å². The van der Waals surface area contributed by atoms with Crippen molar-refractivity contribution in [3.8, 4) is 5.75 Å². The molecule has 0 aliphatic carbocycles. The third-order valence-electron chi connectivity index (χ3n) is 7.07. The van der Waals surface area contributed by atoms with Gasteiger partial charge < -0.3 is 15.0 Å². The Balaban J connectivity index is 2.10. The molecule has 0 bridgehead atoms. The number of nitrogens with zero attached hydrogens (tertiary/aromatic N) is 2. The minimum atomic E-state index is -3.83. The van der Waals surface area contributed by atoms with Crippen molar-refractivity contribution < 1.29 is 22.7 Å². The normalized spacial score (nSPS) is 12.7. The summed E-state index contributed by atoms with van der Waals surface area (Å²) in [4.78, 5) is 29.5. The van der Waals surface area contributed by atoms with Gasteiger partial charge in [-0.1, -0.05) is 61.5 Å². The molecule has 0 unspecified atom stereocenters. The van der Waals surface area contributed by atoms with E-state index >= 15 is 0 Å². The van der Waals surface area contributed by atoms with Gasteiger partial charge in [-0.15, -0.1) is 0 Å². The molecule has 0 saturated carbocycles. The van der Waals surface area contributed by atoms with Crippen LogP contribution in [-0.2, 0) is 32.6 Å². The molecule has 0 fully saturated rings. The number of carbonyl (C=O) groups is 2. The van der Waals surface area contributed by atoms with Crippen molar-refractivity contribution in [3.05, 3.63) is 95.1 Å². The highest BCUT2D eigenvalue weighted by molar-refractivity contribution is 7.92. The first kappa shape index (κ1) is 31.7. The standard InChI is InChI=1S/C32H41N3O5S/c1-7-25(4)33-32(37)30(20-26-12-9-8-10-13-26)34(21-27-14-11-15-28(19-27)40-5)31(36)22-35(41(6,38)39)29-18-23(2)16-17-24(29)3/h8-19,25,30H,7,20-22H2,1-6H3,(H,33,37)/t25-,30-/m1/s1. The van der Waals surface area contributed by atoms with Gasteiger partial charge >= 0.3 is 0 Å². The maximum Gasteiger partial charge on any atom is 0.244 e. The Kier molecular flexibility index (Phi) is 10.9. The van der Waals surface area contributed by atoms with Gasteiger partial charge in [0.25, 0.3) is 0 Å². The van der Waals surface area contributed by atoms with E-state index in [1.54, 1.807) is 19.2 Å². The lowest BCUT2D eigenvalue weighted by atomic mass is 10.0. The monoisotopic (exact) mass is 579 g/mol. The highest BCUT2D eigenvalue weighted by Gasteiger charge is 2.33. The lowest BCUT2D eigenvalue weighted by Gasteiger charge is -2.34. The third-order valence-corrected chi connectivity index (χ3v) is 8.20. The summed E-state index contributed by atoms with van der Waals surface area (Å²) in [7, 11) is -2.27. The number of amides is 2. The molecule has 8 nitrogen and oxygen atoms in total. The van der Waals surface area contributed by atoms with Crippen LogP contribution < -0.4 is 14.4 Å². The van der Waals surface area contributed by atoms with E-state index in [1.807, 2.05) is 88.4 Å². The first-order chi connectivity index (χ1) is 19.4. The van der Waals surface area contributed by atoms with E-state index in [4.69, 9.17) is 4.74 Å². The molecule has 220 valence electrons. The Labute approximate surface area is 244 Å². The number of methoxy groups -OCH3 is 1. The minimum absolute atomic E-state index is 0.0891. The van der Waals surface area contributed by atoms with E-state index in [9.17, 15) is 18.0 Å². The van der Waals surface area contributed by atoms with E-state index in [-0.39, 0.29) is 24.9 Å². The molecule has 1 N–H and O–H groups in total. The summed E-state index contributed by atoms with van der Waals surface area (Å²) in [6.45, 7) is 7.21. The fraction of sp³-hybridized carbons (Fsp3) is 0.375. The molecule has 0 spiro atoms. The number of anilines is 1.